The molecule has 1 unspecified atom stereocenters. The van der Waals surface area contributed by atoms with E-state index in [-0.39, 0.29) is 25.7 Å². The van der Waals surface area contributed by atoms with Gasteiger partial charge in [0.25, 0.3) is 5.91 Å². The van der Waals surface area contributed by atoms with Crippen molar-refractivity contribution in [3.63, 3.8) is 0 Å². The zero-order valence-electron chi connectivity index (χ0n) is 21.3. The minimum Gasteiger partial charge on any atom is -0.454 e. The average Bonchev–Trinajstić information content (AvgIpc) is 3.52. The standard InChI is InChI=1S/C25H29BrN6O6S/c1-14(38-20(34)5-9-33)24(35)31-6-2-15(3-7-31)4-8-32-23-21(22(27)28-12-29-23)30-25(32)39-19-11-18-17(10-16(19)26)36-13-37-18/h10-12,14-15,33H,2-9,13H2,1H3,(H2,27,28,29). The lowest BCUT2D eigenvalue weighted by atomic mass is 9.93. The van der Waals surface area contributed by atoms with Gasteiger partial charge in [0, 0.05) is 29.0 Å². The number of nitrogens with two attached hydrogens (primary N) is 1. The summed E-state index contributed by atoms with van der Waals surface area (Å²) in [6.07, 6.45) is 3.00. The van der Waals surface area contributed by atoms with E-state index in [2.05, 4.69) is 30.5 Å². The number of carbonyl (C=O) groups excluding carboxylic acids is 2. The molecular weight excluding hydrogens is 592 g/mol. The molecule has 208 valence electrons. The van der Waals surface area contributed by atoms with Gasteiger partial charge in [-0.25, -0.2) is 15.0 Å². The maximum absolute atomic E-state index is 12.7. The highest BCUT2D eigenvalue weighted by Crippen LogP contribution is 2.43. The van der Waals surface area contributed by atoms with Gasteiger partial charge in [-0.05, 0) is 60.2 Å². The minimum atomic E-state index is -0.863. The monoisotopic (exact) mass is 620 g/mol. The van der Waals surface area contributed by atoms with E-state index in [1.165, 1.54) is 18.1 Å². The van der Waals surface area contributed by atoms with Crippen LogP contribution in [0.4, 0.5) is 5.82 Å². The predicted octanol–water partition coefficient (Wildman–Crippen LogP) is 2.99. The molecule has 3 aromatic rings. The number of nitrogen functional groups attached to an aromatic ring is 1. The first-order chi connectivity index (χ1) is 18.8. The van der Waals surface area contributed by atoms with Crippen LogP contribution in [-0.4, -0.2) is 74.0 Å². The van der Waals surface area contributed by atoms with Crippen molar-refractivity contribution in [2.75, 3.05) is 32.2 Å². The molecule has 39 heavy (non-hydrogen) atoms. The topological polar surface area (TPSA) is 155 Å². The summed E-state index contributed by atoms with van der Waals surface area (Å²) in [6.45, 7) is 3.32. The lowest BCUT2D eigenvalue weighted by Gasteiger charge is -2.33. The van der Waals surface area contributed by atoms with Crippen LogP contribution in [0.1, 0.15) is 32.6 Å². The van der Waals surface area contributed by atoms with Gasteiger partial charge in [-0.15, -0.1) is 0 Å². The molecule has 1 amide bonds. The van der Waals surface area contributed by atoms with E-state index in [0.29, 0.717) is 54.0 Å². The van der Waals surface area contributed by atoms with E-state index in [1.54, 1.807) is 11.8 Å². The Kier molecular flexibility index (Phi) is 8.43. The van der Waals surface area contributed by atoms with E-state index >= 15 is 0 Å². The third-order valence-electron chi connectivity index (χ3n) is 6.81. The van der Waals surface area contributed by atoms with E-state index < -0.39 is 12.1 Å². The second kappa shape index (κ2) is 12.0. The van der Waals surface area contributed by atoms with Gasteiger partial charge in [-0.2, -0.15) is 0 Å². The summed E-state index contributed by atoms with van der Waals surface area (Å²) in [5, 5.41) is 9.60. The molecule has 0 spiro atoms. The number of amides is 1. The van der Waals surface area contributed by atoms with Crippen molar-refractivity contribution in [2.24, 2.45) is 5.92 Å². The second-order valence-corrected chi connectivity index (χ2v) is 11.2. The molecule has 4 heterocycles. The van der Waals surface area contributed by atoms with Gasteiger partial charge in [-0.3, -0.25) is 9.59 Å². The van der Waals surface area contributed by atoms with E-state index in [4.69, 9.17) is 30.0 Å². The van der Waals surface area contributed by atoms with Crippen molar-refractivity contribution in [1.82, 2.24) is 24.4 Å². The third kappa shape index (κ3) is 6.07. The van der Waals surface area contributed by atoms with Gasteiger partial charge < -0.3 is 34.5 Å². The predicted molar refractivity (Wildman–Crippen MR) is 145 cm³/mol. The largest absolute Gasteiger partial charge is 0.454 e. The Balaban J connectivity index is 1.25. The summed E-state index contributed by atoms with van der Waals surface area (Å²) in [4.78, 5) is 40.3. The fourth-order valence-electron chi connectivity index (χ4n) is 4.70. The van der Waals surface area contributed by atoms with Crippen LogP contribution in [0.5, 0.6) is 11.5 Å². The zero-order valence-corrected chi connectivity index (χ0v) is 23.7. The smallest absolute Gasteiger partial charge is 0.308 e. The molecule has 5 rings (SSSR count). The Morgan fingerprint density at radius 3 is 2.74 bits per heavy atom. The first kappa shape index (κ1) is 27.5. The minimum absolute atomic E-state index is 0.120. The number of ether oxygens (including phenoxy) is 3. The molecule has 2 aliphatic heterocycles. The summed E-state index contributed by atoms with van der Waals surface area (Å²) >= 11 is 5.10. The van der Waals surface area contributed by atoms with Crippen LogP contribution in [0.25, 0.3) is 11.2 Å². The fraction of sp³-hybridized carbons (Fsp3) is 0.480. The zero-order chi connectivity index (χ0) is 27.5. The van der Waals surface area contributed by atoms with Gasteiger partial charge in [0.15, 0.2) is 39.7 Å². The van der Waals surface area contributed by atoms with Crippen molar-refractivity contribution in [3.8, 4) is 11.5 Å². The Morgan fingerprint density at radius 1 is 1.26 bits per heavy atom. The molecule has 1 aromatic carbocycles. The number of piperidine rings is 1. The number of nitrogens with zero attached hydrogens (tertiary/aromatic N) is 5. The van der Waals surface area contributed by atoms with Gasteiger partial charge in [0.1, 0.15) is 6.33 Å². The van der Waals surface area contributed by atoms with Crippen LogP contribution >= 0.6 is 27.7 Å². The second-order valence-electron chi connectivity index (χ2n) is 9.38. The highest BCUT2D eigenvalue weighted by atomic mass is 79.9. The van der Waals surface area contributed by atoms with Crippen LogP contribution in [0.3, 0.4) is 0 Å². The Labute approximate surface area is 237 Å². The molecule has 0 aliphatic carbocycles. The quantitative estimate of drug-likeness (QED) is 0.339. The molecule has 0 bridgehead atoms. The van der Waals surface area contributed by atoms with E-state index in [1.807, 2.05) is 12.1 Å². The number of esters is 1. The number of fused-ring (bicyclic) bond motifs is 2. The first-order valence-corrected chi connectivity index (χ1v) is 14.3. The number of aliphatic hydroxyl groups excluding tert-OH is 1. The molecule has 0 saturated carbocycles. The summed E-state index contributed by atoms with van der Waals surface area (Å²) in [5.41, 5.74) is 7.36. The van der Waals surface area contributed by atoms with Crippen LogP contribution in [0, 0.1) is 5.92 Å². The number of rotatable bonds is 9. The summed E-state index contributed by atoms with van der Waals surface area (Å²) in [6, 6.07) is 3.81. The number of imidazole rings is 1. The highest BCUT2D eigenvalue weighted by Gasteiger charge is 2.28. The van der Waals surface area contributed by atoms with E-state index in [9.17, 15) is 9.59 Å². The highest BCUT2D eigenvalue weighted by molar-refractivity contribution is 9.10. The van der Waals surface area contributed by atoms with Crippen LogP contribution in [0.15, 0.2) is 33.0 Å². The maximum atomic E-state index is 12.7. The lowest BCUT2D eigenvalue weighted by molar-refractivity contribution is -0.160. The number of halogens is 1. The molecular formula is C25H29BrN6O6S. The van der Waals surface area contributed by atoms with Crippen molar-refractivity contribution >= 4 is 56.6 Å². The van der Waals surface area contributed by atoms with Crippen molar-refractivity contribution in [2.45, 2.75) is 55.3 Å². The number of hydrogen-bond acceptors (Lipinski definition) is 11. The van der Waals surface area contributed by atoms with Crippen molar-refractivity contribution in [1.29, 1.82) is 0 Å². The van der Waals surface area contributed by atoms with Gasteiger partial charge in [0.05, 0.1) is 13.0 Å². The Bertz CT molecular complexity index is 1380. The van der Waals surface area contributed by atoms with Crippen LogP contribution in [-0.2, 0) is 20.9 Å². The molecule has 1 atom stereocenters. The SMILES string of the molecule is CC(OC(=O)CCO)C(=O)N1CCC(CCn2c(Sc3cc4c(cc3Br)OCO4)nc3c(N)ncnc32)CC1. The summed E-state index contributed by atoms with van der Waals surface area (Å²) < 4.78 is 19.1. The van der Waals surface area contributed by atoms with Crippen molar-refractivity contribution in [3.05, 3.63) is 22.9 Å². The molecule has 1 fully saturated rings. The number of aromatic nitrogens is 4. The van der Waals surface area contributed by atoms with Gasteiger partial charge in [0.2, 0.25) is 6.79 Å². The van der Waals surface area contributed by atoms with Gasteiger partial charge in [-0.1, -0.05) is 11.8 Å². The lowest BCUT2D eigenvalue weighted by Crippen LogP contribution is -2.44. The van der Waals surface area contributed by atoms with Crippen molar-refractivity contribution < 1.29 is 28.9 Å². The number of benzene rings is 1. The number of anilines is 1. The molecule has 14 heteroatoms. The van der Waals surface area contributed by atoms with E-state index in [0.717, 1.165) is 33.8 Å². The molecule has 2 aliphatic rings. The molecule has 0 radical (unpaired) electrons. The number of aliphatic hydroxyl groups is 1. The maximum Gasteiger partial charge on any atom is 0.308 e. The Hall–Kier alpha value is -3.10. The molecule has 3 N–H and O–H groups in total. The third-order valence-corrected chi connectivity index (χ3v) is 8.78. The Morgan fingerprint density at radius 2 is 2.00 bits per heavy atom. The normalized spacial score (nSPS) is 16.0. The summed E-state index contributed by atoms with van der Waals surface area (Å²) in [5.74, 6) is 1.31. The molecule has 1 saturated heterocycles. The van der Waals surface area contributed by atoms with Crippen LogP contribution < -0.4 is 15.2 Å². The number of aryl methyl sites for hydroxylation is 1. The van der Waals surface area contributed by atoms with Gasteiger partial charge >= 0.3 is 5.97 Å². The number of carbonyl (C=O) groups is 2. The fourth-order valence-corrected chi connectivity index (χ4v) is 6.21. The number of likely N-dealkylation sites (tertiary alicyclic amines) is 1. The molecule has 2 aromatic heterocycles. The summed E-state index contributed by atoms with van der Waals surface area (Å²) in [7, 11) is 0. The molecule has 12 nitrogen and oxygen atoms in total. The van der Waals surface area contributed by atoms with Crippen LogP contribution in [0.2, 0.25) is 0 Å². The number of hydrogen-bond donors (Lipinski definition) is 2. The first-order valence-electron chi connectivity index (χ1n) is 12.7. The average molecular weight is 622 g/mol.